The van der Waals surface area contributed by atoms with E-state index in [1.807, 2.05) is 19.1 Å². The molecule has 1 fully saturated rings. The Morgan fingerprint density at radius 1 is 1.13 bits per heavy atom. The van der Waals surface area contributed by atoms with Crippen molar-refractivity contribution >= 4 is 11.8 Å². The summed E-state index contributed by atoms with van der Waals surface area (Å²) in [5.74, 6) is 2.09. The van der Waals surface area contributed by atoms with E-state index in [2.05, 4.69) is 39.2 Å². The Kier molecular flexibility index (Phi) is 8.75. The van der Waals surface area contributed by atoms with Crippen molar-refractivity contribution in [1.29, 1.82) is 0 Å². The number of aryl methyl sites for hydroxylation is 1. The van der Waals surface area contributed by atoms with Gasteiger partial charge in [-0.25, -0.2) is 4.98 Å². The van der Waals surface area contributed by atoms with Gasteiger partial charge in [0.25, 0.3) is 0 Å². The fourth-order valence-corrected chi connectivity index (χ4v) is 3.92. The second-order valence-corrected chi connectivity index (χ2v) is 8.21. The molecule has 0 unspecified atom stereocenters. The number of nitrogens with one attached hydrogen (secondary N) is 1. The molecule has 6 nitrogen and oxygen atoms in total. The first-order chi connectivity index (χ1) is 14.7. The zero-order valence-corrected chi connectivity index (χ0v) is 18.6. The normalized spacial score (nSPS) is 14.6. The maximum absolute atomic E-state index is 6.27. The van der Waals surface area contributed by atoms with Gasteiger partial charge in [0.2, 0.25) is 5.95 Å². The summed E-state index contributed by atoms with van der Waals surface area (Å²) in [7, 11) is 0. The summed E-state index contributed by atoms with van der Waals surface area (Å²) in [6.45, 7) is 9.20. The van der Waals surface area contributed by atoms with Crippen molar-refractivity contribution in [3.63, 3.8) is 0 Å². The molecule has 2 aromatic rings. The van der Waals surface area contributed by atoms with Crippen molar-refractivity contribution in [2.75, 3.05) is 43.8 Å². The van der Waals surface area contributed by atoms with Crippen LogP contribution in [0.1, 0.15) is 62.3 Å². The second kappa shape index (κ2) is 11.7. The van der Waals surface area contributed by atoms with E-state index in [1.54, 1.807) is 0 Å². The lowest BCUT2D eigenvalue weighted by Gasteiger charge is -2.26. The fraction of sp³-hybridized carbons (Fsp3) is 0.583. The van der Waals surface area contributed by atoms with E-state index in [-0.39, 0.29) is 0 Å². The van der Waals surface area contributed by atoms with Crippen LogP contribution in [0.25, 0.3) is 0 Å². The van der Waals surface area contributed by atoms with E-state index in [0.717, 1.165) is 48.7 Å². The van der Waals surface area contributed by atoms with Gasteiger partial charge in [0, 0.05) is 30.8 Å². The number of hydrogen-bond acceptors (Lipinski definition) is 6. The third-order valence-corrected chi connectivity index (χ3v) is 5.71. The molecule has 0 atom stereocenters. The predicted molar refractivity (Wildman–Crippen MR) is 124 cm³/mol. The number of likely N-dealkylation sites (tertiary alicyclic amines) is 1. The van der Waals surface area contributed by atoms with Gasteiger partial charge in [0.05, 0.1) is 0 Å². The quantitative estimate of drug-likeness (QED) is 0.533. The predicted octanol–water partition coefficient (Wildman–Crippen LogP) is 4.42. The van der Waals surface area contributed by atoms with E-state index in [9.17, 15) is 0 Å². The van der Waals surface area contributed by atoms with Crippen LogP contribution in [-0.4, -0.2) is 47.7 Å². The molecule has 3 N–H and O–H groups in total. The molecule has 2 heterocycles. The Hall–Kier alpha value is -2.34. The highest BCUT2D eigenvalue weighted by Gasteiger charge is 2.12. The number of unbranched alkanes of at least 4 members (excludes halogenated alkanes) is 2. The minimum Gasteiger partial charge on any atom is -0.492 e. The summed E-state index contributed by atoms with van der Waals surface area (Å²) in [6.07, 6.45) is 8.21. The number of nitrogen functional groups attached to an aromatic ring is 1. The number of ether oxygens (including phenoxy) is 1. The number of hydrogen-bond donors (Lipinski definition) is 2. The molecule has 164 valence electrons. The average Bonchev–Trinajstić information content (AvgIpc) is 2.75. The number of nitrogens with two attached hydrogens (primary N) is 1. The standard InChI is InChI=1S/C24H37N5O/c1-3-4-6-12-26-24-27-19(2)22(23(25)28-24)18-20-10-9-11-21(17-20)30-16-15-29-13-7-5-8-14-29/h9-11,17H,3-8,12-16,18H2,1-2H3,(H3,25,26,27,28). The lowest BCUT2D eigenvalue weighted by atomic mass is 10.0. The minimum atomic E-state index is 0.553. The Morgan fingerprint density at radius 3 is 2.73 bits per heavy atom. The van der Waals surface area contributed by atoms with Crippen LogP contribution >= 0.6 is 0 Å². The van der Waals surface area contributed by atoms with E-state index in [0.29, 0.717) is 18.2 Å². The Bertz CT molecular complexity index is 766. The lowest BCUT2D eigenvalue weighted by molar-refractivity contribution is 0.183. The Balaban J connectivity index is 1.55. The van der Waals surface area contributed by atoms with Crippen LogP contribution in [0, 0.1) is 6.92 Å². The molecule has 0 saturated carbocycles. The first-order valence-corrected chi connectivity index (χ1v) is 11.5. The van der Waals surface area contributed by atoms with Crippen molar-refractivity contribution in [1.82, 2.24) is 14.9 Å². The monoisotopic (exact) mass is 411 g/mol. The number of rotatable bonds is 11. The molecular formula is C24H37N5O. The van der Waals surface area contributed by atoms with Crippen LogP contribution in [0.3, 0.4) is 0 Å². The highest BCUT2D eigenvalue weighted by atomic mass is 16.5. The van der Waals surface area contributed by atoms with Gasteiger partial charge in [0.15, 0.2) is 0 Å². The van der Waals surface area contributed by atoms with Gasteiger partial charge >= 0.3 is 0 Å². The van der Waals surface area contributed by atoms with E-state index >= 15 is 0 Å². The largest absolute Gasteiger partial charge is 0.492 e. The summed E-state index contributed by atoms with van der Waals surface area (Å²) >= 11 is 0. The molecular weight excluding hydrogens is 374 g/mol. The van der Waals surface area contributed by atoms with Gasteiger partial charge in [-0.05, 0) is 57.0 Å². The van der Waals surface area contributed by atoms with Crippen molar-refractivity contribution in [2.24, 2.45) is 0 Å². The zero-order valence-electron chi connectivity index (χ0n) is 18.6. The molecule has 0 aliphatic carbocycles. The number of anilines is 2. The van der Waals surface area contributed by atoms with Gasteiger partial charge in [-0.2, -0.15) is 4.98 Å². The molecule has 1 aliphatic heterocycles. The maximum Gasteiger partial charge on any atom is 0.224 e. The number of benzene rings is 1. The van der Waals surface area contributed by atoms with Gasteiger partial charge < -0.3 is 15.8 Å². The summed E-state index contributed by atoms with van der Waals surface area (Å²) in [6, 6.07) is 8.27. The zero-order chi connectivity index (χ0) is 21.2. The average molecular weight is 412 g/mol. The Morgan fingerprint density at radius 2 is 1.97 bits per heavy atom. The van der Waals surface area contributed by atoms with Gasteiger partial charge in [-0.3, -0.25) is 4.90 Å². The Labute approximate surface area is 181 Å². The summed E-state index contributed by atoms with van der Waals surface area (Å²) in [5.41, 5.74) is 9.35. The highest BCUT2D eigenvalue weighted by Crippen LogP contribution is 2.22. The lowest BCUT2D eigenvalue weighted by Crippen LogP contribution is -2.33. The topological polar surface area (TPSA) is 76.3 Å². The van der Waals surface area contributed by atoms with E-state index in [1.165, 1.54) is 45.2 Å². The number of nitrogens with zero attached hydrogens (tertiary/aromatic N) is 3. The molecule has 0 radical (unpaired) electrons. The smallest absolute Gasteiger partial charge is 0.224 e. The minimum absolute atomic E-state index is 0.553. The van der Waals surface area contributed by atoms with Crippen LogP contribution in [-0.2, 0) is 6.42 Å². The molecule has 0 spiro atoms. The van der Waals surface area contributed by atoms with Crippen molar-refractivity contribution in [2.45, 2.75) is 58.8 Å². The van der Waals surface area contributed by atoms with Crippen LogP contribution in [0.4, 0.5) is 11.8 Å². The third-order valence-electron chi connectivity index (χ3n) is 5.71. The van der Waals surface area contributed by atoms with Gasteiger partial charge in [-0.15, -0.1) is 0 Å². The molecule has 1 aromatic carbocycles. The maximum atomic E-state index is 6.27. The molecule has 1 aromatic heterocycles. The second-order valence-electron chi connectivity index (χ2n) is 8.21. The van der Waals surface area contributed by atoms with Crippen LogP contribution in [0.5, 0.6) is 5.75 Å². The van der Waals surface area contributed by atoms with Crippen molar-refractivity contribution < 1.29 is 4.74 Å². The highest BCUT2D eigenvalue weighted by molar-refractivity contribution is 5.49. The molecule has 30 heavy (non-hydrogen) atoms. The molecule has 3 rings (SSSR count). The fourth-order valence-electron chi connectivity index (χ4n) is 3.92. The third kappa shape index (κ3) is 6.87. The first kappa shape index (κ1) is 22.3. The first-order valence-electron chi connectivity index (χ1n) is 11.5. The molecule has 6 heteroatoms. The van der Waals surface area contributed by atoms with E-state index in [4.69, 9.17) is 10.5 Å². The number of piperidine rings is 1. The summed E-state index contributed by atoms with van der Waals surface area (Å²) in [5, 5.41) is 3.29. The molecule has 1 aliphatic rings. The molecule has 1 saturated heterocycles. The van der Waals surface area contributed by atoms with Crippen LogP contribution in [0.15, 0.2) is 24.3 Å². The molecule has 0 amide bonds. The van der Waals surface area contributed by atoms with Crippen molar-refractivity contribution in [3.05, 3.63) is 41.1 Å². The van der Waals surface area contributed by atoms with Crippen LogP contribution < -0.4 is 15.8 Å². The van der Waals surface area contributed by atoms with Gasteiger partial charge in [0.1, 0.15) is 18.2 Å². The van der Waals surface area contributed by atoms with Gasteiger partial charge in [-0.1, -0.05) is 38.3 Å². The molecule has 0 bridgehead atoms. The SMILES string of the molecule is CCCCCNc1nc(C)c(Cc2cccc(OCCN3CCCCC3)c2)c(N)n1. The van der Waals surface area contributed by atoms with Crippen molar-refractivity contribution in [3.8, 4) is 5.75 Å². The summed E-state index contributed by atoms with van der Waals surface area (Å²) in [4.78, 5) is 11.6. The van der Waals surface area contributed by atoms with Crippen LogP contribution in [0.2, 0.25) is 0 Å². The van der Waals surface area contributed by atoms with E-state index < -0.39 is 0 Å². The number of aromatic nitrogens is 2. The summed E-state index contributed by atoms with van der Waals surface area (Å²) < 4.78 is 6.02.